The summed E-state index contributed by atoms with van der Waals surface area (Å²) in [7, 11) is 0. The van der Waals surface area contributed by atoms with Crippen LogP contribution in [0.3, 0.4) is 0 Å². The van der Waals surface area contributed by atoms with E-state index in [4.69, 9.17) is 6.42 Å². The zero-order valence-electron chi connectivity index (χ0n) is 10.5. The quantitative estimate of drug-likeness (QED) is 0.608. The largest absolute Gasteiger partial charge is 0.312 e. The summed E-state index contributed by atoms with van der Waals surface area (Å²) in [6.45, 7) is 8.73. The lowest BCUT2D eigenvalue weighted by atomic mass is 9.95. The van der Waals surface area contributed by atoms with E-state index >= 15 is 0 Å². The molecule has 2 heteroatoms. The van der Waals surface area contributed by atoms with Gasteiger partial charge in [0.1, 0.15) is 0 Å². The Hall–Kier alpha value is -0.780. The lowest BCUT2D eigenvalue weighted by molar-refractivity contribution is 0.604. The normalized spacial score (nSPS) is 11.4. The van der Waals surface area contributed by atoms with Gasteiger partial charge in [-0.25, -0.2) is 0 Å². The summed E-state index contributed by atoms with van der Waals surface area (Å²) in [6.07, 6.45) is 7.13. The zero-order chi connectivity index (χ0) is 12.0. The summed E-state index contributed by atoms with van der Waals surface area (Å²) in [4.78, 5) is 2.86. The number of terminal acetylenes is 1. The van der Waals surface area contributed by atoms with Crippen molar-refractivity contribution in [2.75, 3.05) is 6.54 Å². The molecule has 0 aromatic carbocycles. The summed E-state index contributed by atoms with van der Waals surface area (Å²) in [5, 5.41) is 3.42. The van der Waals surface area contributed by atoms with E-state index in [1.807, 2.05) is 11.3 Å². The molecule has 0 aliphatic carbocycles. The fourth-order valence-electron chi connectivity index (χ4n) is 1.40. The van der Waals surface area contributed by atoms with Crippen molar-refractivity contribution in [3.8, 4) is 12.3 Å². The fraction of sp³-hybridized carbons (Fsp3) is 0.571. The van der Waals surface area contributed by atoms with Crippen LogP contribution in [0.5, 0.6) is 0 Å². The van der Waals surface area contributed by atoms with Gasteiger partial charge in [-0.05, 0) is 30.5 Å². The SMILES string of the molecule is C#CCCCNCc1ccc(C(C)(C)C)s1. The molecule has 0 spiro atoms. The molecule has 0 bridgehead atoms. The molecule has 1 nitrogen and oxygen atoms in total. The van der Waals surface area contributed by atoms with Gasteiger partial charge in [0.25, 0.3) is 0 Å². The van der Waals surface area contributed by atoms with Crippen molar-refractivity contribution in [3.63, 3.8) is 0 Å². The van der Waals surface area contributed by atoms with Crippen molar-refractivity contribution in [2.24, 2.45) is 0 Å². The van der Waals surface area contributed by atoms with Crippen LogP contribution in [0.15, 0.2) is 12.1 Å². The summed E-state index contributed by atoms with van der Waals surface area (Å²) >= 11 is 1.90. The van der Waals surface area contributed by atoms with Crippen molar-refractivity contribution >= 4 is 11.3 Å². The third-order valence-corrected chi connectivity index (χ3v) is 3.89. The Kier molecular flexibility index (Phi) is 5.05. The highest BCUT2D eigenvalue weighted by Gasteiger charge is 2.15. The molecule has 0 unspecified atom stereocenters. The molecule has 0 radical (unpaired) electrons. The first-order valence-electron chi connectivity index (χ1n) is 5.77. The van der Waals surface area contributed by atoms with Crippen molar-refractivity contribution < 1.29 is 0 Å². The molecule has 0 amide bonds. The van der Waals surface area contributed by atoms with Crippen LogP contribution in [-0.4, -0.2) is 6.54 Å². The molecule has 0 aliphatic rings. The average molecular weight is 235 g/mol. The fourth-order valence-corrected chi connectivity index (χ4v) is 2.44. The molecule has 1 heterocycles. The number of hydrogen-bond acceptors (Lipinski definition) is 2. The van der Waals surface area contributed by atoms with E-state index in [0.29, 0.717) is 0 Å². The van der Waals surface area contributed by atoms with Gasteiger partial charge in [-0.15, -0.1) is 23.7 Å². The monoisotopic (exact) mass is 235 g/mol. The van der Waals surface area contributed by atoms with Gasteiger partial charge >= 0.3 is 0 Å². The van der Waals surface area contributed by atoms with E-state index in [2.05, 4.69) is 44.1 Å². The first-order chi connectivity index (χ1) is 7.54. The highest BCUT2D eigenvalue weighted by atomic mass is 32.1. The van der Waals surface area contributed by atoms with E-state index in [9.17, 15) is 0 Å². The van der Waals surface area contributed by atoms with E-state index in [1.165, 1.54) is 9.75 Å². The maximum absolute atomic E-state index is 5.20. The van der Waals surface area contributed by atoms with Crippen molar-refractivity contribution in [1.82, 2.24) is 5.32 Å². The molecular weight excluding hydrogens is 214 g/mol. The second-order valence-electron chi connectivity index (χ2n) is 5.00. The Morgan fingerprint density at radius 1 is 1.38 bits per heavy atom. The molecule has 0 aliphatic heterocycles. The van der Waals surface area contributed by atoms with Gasteiger partial charge in [-0.1, -0.05) is 20.8 Å². The van der Waals surface area contributed by atoms with E-state index < -0.39 is 0 Å². The second kappa shape index (κ2) is 6.08. The minimum Gasteiger partial charge on any atom is -0.312 e. The lowest BCUT2D eigenvalue weighted by Gasteiger charge is -2.15. The Morgan fingerprint density at radius 3 is 2.69 bits per heavy atom. The topological polar surface area (TPSA) is 12.0 Å². The molecular formula is C14H21NS. The highest BCUT2D eigenvalue weighted by Crippen LogP contribution is 2.29. The van der Waals surface area contributed by atoms with E-state index in [1.54, 1.807) is 0 Å². The summed E-state index contributed by atoms with van der Waals surface area (Å²) in [5.41, 5.74) is 0.270. The van der Waals surface area contributed by atoms with Crippen LogP contribution < -0.4 is 5.32 Å². The van der Waals surface area contributed by atoms with Crippen LogP contribution in [-0.2, 0) is 12.0 Å². The molecule has 0 saturated carbocycles. The Balaban J connectivity index is 2.33. The first-order valence-corrected chi connectivity index (χ1v) is 6.59. The van der Waals surface area contributed by atoms with Gasteiger partial charge in [0.2, 0.25) is 0 Å². The first kappa shape index (κ1) is 13.3. The van der Waals surface area contributed by atoms with Crippen molar-refractivity contribution in [2.45, 2.75) is 45.6 Å². The maximum atomic E-state index is 5.20. The van der Waals surface area contributed by atoms with Gasteiger partial charge in [-0.3, -0.25) is 0 Å². The predicted molar refractivity (Wildman–Crippen MR) is 72.8 cm³/mol. The average Bonchev–Trinajstić information content (AvgIpc) is 2.65. The molecule has 0 atom stereocenters. The molecule has 0 fully saturated rings. The number of unbranched alkanes of at least 4 members (excludes halogenated alkanes) is 1. The summed E-state index contributed by atoms with van der Waals surface area (Å²) in [6, 6.07) is 4.46. The van der Waals surface area contributed by atoms with Gasteiger partial charge in [0, 0.05) is 22.7 Å². The number of nitrogens with one attached hydrogen (secondary N) is 1. The van der Waals surface area contributed by atoms with Crippen molar-refractivity contribution in [1.29, 1.82) is 0 Å². The van der Waals surface area contributed by atoms with Crippen LogP contribution in [0, 0.1) is 12.3 Å². The lowest BCUT2D eigenvalue weighted by Crippen LogP contribution is -2.13. The minimum absolute atomic E-state index is 0.270. The molecule has 1 rings (SSSR count). The summed E-state index contributed by atoms with van der Waals surface area (Å²) in [5.74, 6) is 2.65. The van der Waals surface area contributed by atoms with E-state index in [0.717, 1.165) is 25.9 Å². The van der Waals surface area contributed by atoms with Gasteiger partial charge in [0.15, 0.2) is 0 Å². The number of hydrogen-bond donors (Lipinski definition) is 1. The molecule has 88 valence electrons. The number of thiophene rings is 1. The molecule has 1 N–H and O–H groups in total. The Labute approximate surface area is 103 Å². The molecule has 1 aromatic heterocycles. The van der Waals surface area contributed by atoms with Gasteiger partial charge in [-0.2, -0.15) is 0 Å². The Bertz CT molecular complexity index is 352. The third kappa shape index (κ3) is 4.38. The molecule has 16 heavy (non-hydrogen) atoms. The Morgan fingerprint density at radius 2 is 2.12 bits per heavy atom. The second-order valence-corrected chi connectivity index (χ2v) is 6.17. The predicted octanol–water partition coefficient (Wildman–Crippen LogP) is 3.55. The van der Waals surface area contributed by atoms with Crippen molar-refractivity contribution in [3.05, 3.63) is 21.9 Å². The number of rotatable bonds is 5. The van der Waals surface area contributed by atoms with Crippen LogP contribution in [0.4, 0.5) is 0 Å². The summed E-state index contributed by atoms with van der Waals surface area (Å²) < 4.78 is 0. The zero-order valence-corrected chi connectivity index (χ0v) is 11.3. The van der Waals surface area contributed by atoms with Crippen LogP contribution in [0.1, 0.15) is 43.4 Å². The van der Waals surface area contributed by atoms with Gasteiger partial charge < -0.3 is 5.32 Å². The minimum atomic E-state index is 0.270. The molecule has 0 saturated heterocycles. The standard InChI is InChI=1S/C14H21NS/c1-5-6-7-10-15-11-12-8-9-13(16-12)14(2,3)4/h1,8-9,15H,6-7,10-11H2,2-4H3. The molecule has 1 aromatic rings. The highest BCUT2D eigenvalue weighted by molar-refractivity contribution is 7.12. The van der Waals surface area contributed by atoms with Crippen LogP contribution >= 0.6 is 11.3 Å². The maximum Gasteiger partial charge on any atom is 0.0299 e. The van der Waals surface area contributed by atoms with E-state index in [-0.39, 0.29) is 5.41 Å². The van der Waals surface area contributed by atoms with Crippen LogP contribution in [0.25, 0.3) is 0 Å². The third-order valence-electron chi connectivity index (χ3n) is 2.37. The smallest absolute Gasteiger partial charge is 0.0299 e. The van der Waals surface area contributed by atoms with Gasteiger partial charge in [0.05, 0.1) is 0 Å². The van der Waals surface area contributed by atoms with Crippen LogP contribution in [0.2, 0.25) is 0 Å².